The fourth-order valence-electron chi connectivity index (χ4n) is 2.91. The molecule has 0 aliphatic carbocycles. The van der Waals surface area contributed by atoms with Crippen molar-refractivity contribution in [3.05, 3.63) is 71.8 Å². The normalized spacial score (nSPS) is 12.7. The van der Waals surface area contributed by atoms with Crippen LogP contribution in [-0.2, 0) is 27.4 Å². The number of alkyl carbamates (subject to hydrolysis) is 1. The van der Waals surface area contributed by atoms with Crippen molar-refractivity contribution >= 4 is 18.3 Å². The largest absolute Gasteiger partial charge is 0.445 e. The lowest BCUT2D eigenvalue weighted by Crippen LogP contribution is -2.51. The van der Waals surface area contributed by atoms with E-state index in [0.29, 0.717) is 12.8 Å². The molecular weight excluding hydrogens is 368 g/mol. The average molecular weight is 396 g/mol. The molecule has 2 N–H and O–H groups in total. The highest BCUT2D eigenvalue weighted by molar-refractivity contribution is 5.87. The third kappa shape index (κ3) is 8.17. The van der Waals surface area contributed by atoms with Crippen molar-refractivity contribution in [3.63, 3.8) is 0 Å². The zero-order valence-electron chi connectivity index (χ0n) is 16.8. The van der Waals surface area contributed by atoms with E-state index >= 15 is 0 Å². The third-order valence-electron chi connectivity index (χ3n) is 4.32. The summed E-state index contributed by atoms with van der Waals surface area (Å²) in [6, 6.07) is 17.2. The molecule has 0 saturated heterocycles. The molecule has 0 radical (unpaired) electrons. The van der Waals surface area contributed by atoms with Crippen LogP contribution in [0, 0.1) is 5.92 Å². The average Bonchev–Trinajstić information content (AvgIpc) is 2.72. The summed E-state index contributed by atoms with van der Waals surface area (Å²) in [6.45, 7) is 4.06. The minimum Gasteiger partial charge on any atom is -0.445 e. The third-order valence-corrected chi connectivity index (χ3v) is 4.32. The highest BCUT2D eigenvalue weighted by atomic mass is 16.5. The van der Waals surface area contributed by atoms with Crippen LogP contribution in [0.3, 0.4) is 0 Å². The van der Waals surface area contributed by atoms with Gasteiger partial charge in [0.15, 0.2) is 0 Å². The van der Waals surface area contributed by atoms with E-state index in [1.165, 1.54) is 0 Å². The van der Waals surface area contributed by atoms with E-state index in [0.717, 1.165) is 17.4 Å². The van der Waals surface area contributed by atoms with Gasteiger partial charge in [0.05, 0.1) is 6.04 Å². The van der Waals surface area contributed by atoms with E-state index in [1.54, 1.807) is 0 Å². The number of carbonyl (C=O) groups is 3. The standard InChI is InChI=1S/C23H28N2O4/c1-17(2)13-20(15-26)24-22(27)21(14-18-9-5-3-6-10-18)25-23(28)29-16-19-11-7-4-8-12-19/h3-12,15,17,20-21H,13-14,16H2,1-2H3,(H,24,27)(H,25,28)/t20-,21+/m0/s1. The van der Waals surface area contributed by atoms with Gasteiger partial charge >= 0.3 is 6.09 Å². The Morgan fingerprint density at radius 1 is 0.931 bits per heavy atom. The molecule has 0 unspecified atom stereocenters. The number of ether oxygens (including phenoxy) is 1. The topological polar surface area (TPSA) is 84.5 Å². The maximum Gasteiger partial charge on any atom is 0.408 e. The van der Waals surface area contributed by atoms with Crippen LogP contribution in [-0.4, -0.2) is 30.4 Å². The van der Waals surface area contributed by atoms with Crippen molar-refractivity contribution in [1.29, 1.82) is 0 Å². The molecule has 154 valence electrons. The van der Waals surface area contributed by atoms with Gasteiger partial charge in [-0.2, -0.15) is 0 Å². The Kier molecular flexibility index (Phi) is 8.89. The monoisotopic (exact) mass is 396 g/mol. The second-order valence-corrected chi connectivity index (χ2v) is 7.33. The molecule has 0 heterocycles. The Morgan fingerprint density at radius 3 is 2.07 bits per heavy atom. The van der Waals surface area contributed by atoms with Gasteiger partial charge in [-0.05, 0) is 23.5 Å². The fourth-order valence-corrected chi connectivity index (χ4v) is 2.91. The number of nitrogens with one attached hydrogen (secondary N) is 2. The van der Waals surface area contributed by atoms with Gasteiger partial charge < -0.3 is 20.2 Å². The summed E-state index contributed by atoms with van der Waals surface area (Å²) in [7, 11) is 0. The van der Waals surface area contributed by atoms with E-state index in [2.05, 4.69) is 10.6 Å². The molecule has 2 rings (SSSR count). The number of hydrogen-bond acceptors (Lipinski definition) is 4. The SMILES string of the molecule is CC(C)C[C@@H](C=O)NC(=O)[C@@H](Cc1ccccc1)NC(=O)OCc1ccccc1. The van der Waals surface area contributed by atoms with E-state index in [-0.39, 0.29) is 12.5 Å². The Balaban J connectivity index is 2.02. The Bertz CT molecular complexity index is 778. The second-order valence-electron chi connectivity index (χ2n) is 7.33. The van der Waals surface area contributed by atoms with Crippen molar-refractivity contribution in [1.82, 2.24) is 10.6 Å². The molecule has 2 aromatic rings. The maximum atomic E-state index is 12.8. The van der Waals surface area contributed by atoms with Gasteiger partial charge in [-0.15, -0.1) is 0 Å². The van der Waals surface area contributed by atoms with Crippen LogP contribution in [0.15, 0.2) is 60.7 Å². The smallest absolute Gasteiger partial charge is 0.408 e. The first-order valence-electron chi connectivity index (χ1n) is 9.74. The number of amides is 2. The van der Waals surface area contributed by atoms with Crippen LogP contribution < -0.4 is 10.6 Å². The van der Waals surface area contributed by atoms with Crippen LogP contribution >= 0.6 is 0 Å². The molecule has 2 aromatic carbocycles. The summed E-state index contributed by atoms with van der Waals surface area (Å²) in [6.07, 6.45) is 0.869. The van der Waals surface area contributed by atoms with Gasteiger partial charge in [-0.25, -0.2) is 4.79 Å². The molecule has 0 fully saturated rings. The Labute approximate surface area is 171 Å². The van der Waals surface area contributed by atoms with Gasteiger partial charge in [0.1, 0.15) is 18.9 Å². The number of hydrogen-bond donors (Lipinski definition) is 2. The number of benzene rings is 2. The summed E-state index contributed by atoms with van der Waals surface area (Å²) < 4.78 is 5.24. The zero-order chi connectivity index (χ0) is 21.1. The Hall–Kier alpha value is -3.15. The Morgan fingerprint density at radius 2 is 1.52 bits per heavy atom. The molecule has 2 atom stereocenters. The van der Waals surface area contributed by atoms with Gasteiger partial charge in [0.25, 0.3) is 0 Å². The molecule has 0 aliphatic heterocycles. The van der Waals surface area contributed by atoms with Crippen LogP contribution in [0.4, 0.5) is 4.79 Å². The molecule has 2 amide bonds. The minimum absolute atomic E-state index is 0.108. The van der Waals surface area contributed by atoms with Crippen LogP contribution in [0.25, 0.3) is 0 Å². The van der Waals surface area contributed by atoms with Gasteiger partial charge in [-0.1, -0.05) is 74.5 Å². The first-order valence-corrected chi connectivity index (χ1v) is 9.74. The van der Waals surface area contributed by atoms with E-state index < -0.39 is 24.1 Å². The number of aldehydes is 1. The molecular formula is C23H28N2O4. The summed E-state index contributed by atoms with van der Waals surface area (Å²) in [5.74, 6) is -0.162. The predicted molar refractivity (Wildman–Crippen MR) is 111 cm³/mol. The molecule has 0 spiro atoms. The first-order chi connectivity index (χ1) is 14.0. The van der Waals surface area contributed by atoms with Crippen molar-refractivity contribution in [2.75, 3.05) is 0 Å². The summed E-state index contributed by atoms with van der Waals surface area (Å²) in [5.41, 5.74) is 1.74. The highest BCUT2D eigenvalue weighted by Gasteiger charge is 2.24. The lowest BCUT2D eigenvalue weighted by Gasteiger charge is -2.21. The first kappa shape index (κ1) is 22.1. The summed E-state index contributed by atoms with van der Waals surface area (Å²) in [5, 5.41) is 5.35. The van der Waals surface area contributed by atoms with Crippen molar-refractivity contribution in [2.45, 2.75) is 45.4 Å². The molecule has 0 aliphatic rings. The number of rotatable bonds is 10. The van der Waals surface area contributed by atoms with E-state index in [9.17, 15) is 14.4 Å². The van der Waals surface area contributed by atoms with Gasteiger partial charge in [0.2, 0.25) is 5.91 Å². The van der Waals surface area contributed by atoms with Gasteiger partial charge in [0, 0.05) is 6.42 Å². The fraction of sp³-hybridized carbons (Fsp3) is 0.348. The second kappa shape index (κ2) is 11.6. The van der Waals surface area contributed by atoms with E-state index in [4.69, 9.17) is 4.74 Å². The van der Waals surface area contributed by atoms with Gasteiger partial charge in [-0.3, -0.25) is 4.79 Å². The molecule has 6 nitrogen and oxygen atoms in total. The quantitative estimate of drug-likeness (QED) is 0.604. The lowest BCUT2D eigenvalue weighted by molar-refractivity contribution is -0.125. The summed E-state index contributed by atoms with van der Waals surface area (Å²) >= 11 is 0. The molecule has 29 heavy (non-hydrogen) atoms. The van der Waals surface area contributed by atoms with E-state index in [1.807, 2.05) is 74.5 Å². The zero-order valence-corrected chi connectivity index (χ0v) is 16.8. The molecule has 0 bridgehead atoms. The minimum atomic E-state index is -0.852. The van der Waals surface area contributed by atoms with Crippen LogP contribution in [0.2, 0.25) is 0 Å². The van der Waals surface area contributed by atoms with Crippen molar-refractivity contribution in [3.8, 4) is 0 Å². The number of carbonyl (C=O) groups excluding carboxylic acids is 3. The van der Waals surface area contributed by atoms with Crippen LogP contribution in [0.1, 0.15) is 31.4 Å². The molecule has 0 saturated carbocycles. The maximum absolute atomic E-state index is 12.8. The van der Waals surface area contributed by atoms with Crippen molar-refractivity contribution < 1.29 is 19.1 Å². The van der Waals surface area contributed by atoms with Crippen LogP contribution in [0.5, 0.6) is 0 Å². The predicted octanol–water partition coefficient (Wildman–Crippen LogP) is 3.25. The van der Waals surface area contributed by atoms with Crippen molar-refractivity contribution in [2.24, 2.45) is 5.92 Å². The lowest BCUT2D eigenvalue weighted by atomic mass is 10.0. The highest BCUT2D eigenvalue weighted by Crippen LogP contribution is 2.07. The molecule has 0 aromatic heterocycles. The molecule has 6 heteroatoms. The summed E-state index contributed by atoms with van der Waals surface area (Å²) in [4.78, 5) is 36.4.